The number of likely N-dealkylation sites (N-methyl/N-ethyl adjacent to an activating group) is 1. The van der Waals surface area contributed by atoms with Crippen LogP contribution in [0.25, 0.3) is 0 Å². The second kappa shape index (κ2) is 11.2. The Balaban J connectivity index is 1.70. The lowest BCUT2D eigenvalue weighted by molar-refractivity contribution is 0.159. The first-order valence-electron chi connectivity index (χ1n) is 10.0. The van der Waals surface area contributed by atoms with Crippen LogP contribution in [0.1, 0.15) is 38.2 Å². The van der Waals surface area contributed by atoms with Crippen molar-refractivity contribution in [2.24, 2.45) is 0 Å². The Bertz CT molecular complexity index is 520. The molecular weight excluding hydrogens is 324 g/mol. The van der Waals surface area contributed by atoms with Gasteiger partial charge < -0.3 is 20.4 Å². The molecule has 2 unspecified atom stereocenters. The lowest BCUT2D eigenvalue weighted by Gasteiger charge is -2.33. The van der Waals surface area contributed by atoms with E-state index in [4.69, 9.17) is 0 Å². The van der Waals surface area contributed by atoms with Crippen LogP contribution in [0.4, 0.5) is 4.79 Å². The summed E-state index contributed by atoms with van der Waals surface area (Å²) >= 11 is 0. The number of nitrogens with one attached hydrogen (secondary N) is 2. The Kier molecular flexibility index (Phi) is 8.92. The predicted octanol–water partition coefficient (Wildman–Crippen LogP) is 2.72. The van der Waals surface area contributed by atoms with E-state index in [1.165, 1.54) is 31.4 Å². The minimum Gasteiger partial charge on any atom is -0.338 e. The number of piperidine rings is 1. The fourth-order valence-electron chi connectivity index (χ4n) is 3.71. The monoisotopic (exact) mass is 360 g/mol. The number of urea groups is 1. The quantitative estimate of drug-likeness (QED) is 0.666. The van der Waals surface area contributed by atoms with Gasteiger partial charge in [-0.2, -0.15) is 0 Å². The maximum absolute atomic E-state index is 12.3. The van der Waals surface area contributed by atoms with Gasteiger partial charge in [0.25, 0.3) is 0 Å². The Labute approximate surface area is 159 Å². The molecule has 26 heavy (non-hydrogen) atoms. The van der Waals surface area contributed by atoms with Crippen LogP contribution in [-0.4, -0.2) is 68.2 Å². The van der Waals surface area contributed by atoms with Gasteiger partial charge in [-0.1, -0.05) is 36.8 Å². The van der Waals surface area contributed by atoms with E-state index in [1.54, 1.807) is 0 Å². The van der Waals surface area contributed by atoms with Crippen molar-refractivity contribution in [2.75, 3.05) is 40.3 Å². The molecule has 1 aromatic carbocycles. The molecule has 1 aliphatic heterocycles. The Hall–Kier alpha value is -1.59. The van der Waals surface area contributed by atoms with Crippen LogP contribution in [-0.2, 0) is 6.42 Å². The molecule has 5 nitrogen and oxygen atoms in total. The van der Waals surface area contributed by atoms with Crippen LogP contribution in [0.3, 0.4) is 0 Å². The molecule has 1 heterocycles. The van der Waals surface area contributed by atoms with Gasteiger partial charge >= 0.3 is 6.03 Å². The molecule has 2 N–H and O–H groups in total. The highest BCUT2D eigenvalue weighted by Crippen LogP contribution is 2.16. The number of carbonyl (C=O) groups is 1. The van der Waals surface area contributed by atoms with Crippen LogP contribution in [0.15, 0.2) is 30.3 Å². The molecule has 1 aliphatic rings. The average Bonchev–Trinajstić information content (AvgIpc) is 2.60. The highest BCUT2D eigenvalue weighted by Gasteiger charge is 2.17. The smallest absolute Gasteiger partial charge is 0.315 e. The van der Waals surface area contributed by atoms with Crippen LogP contribution in [0.2, 0.25) is 0 Å². The number of carbonyl (C=O) groups excluding carboxylic acids is 1. The van der Waals surface area contributed by atoms with E-state index in [1.807, 2.05) is 32.3 Å². The summed E-state index contributed by atoms with van der Waals surface area (Å²) in [7, 11) is 4.08. The molecule has 1 saturated heterocycles. The molecule has 5 heteroatoms. The number of rotatable bonds is 9. The summed E-state index contributed by atoms with van der Waals surface area (Å²) in [6, 6.07) is 11.1. The minimum atomic E-state index is -0.0560. The largest absolute Gasteiger partial charge is 0.338 e. The van der Waals surface area contributed by atoms with Crippen molar-refractivity contribution in [3.63, 3.8) is 0 Å². The van der Waals surface area contributed by atoms with E-state index >= 15 is 0 Å². The summed E-state index contributed by atoms with van der Waals surface area (Å²) in [6.45, 7) is 6.15. The van der Waals surface area contributed by atoms with Gasteiger partial charge in [-0.25, -0.2) is 4.79 Å². The van der Waals surface area contributed by atoms with Gasteiger partial charge in [-0.3, -0.25) is 0 Å². The summed E-state index contributed by atoms with van der Waals surface area (Å²) in [6.07, 6.45) is 5.82. The van der Waals surface area contributed by atoms with Gasteiger partial charge in [0.2, 0.25) is 0 Å². The highest BCUT2D eigenvalue weighted by molar-refractivity contribution is 5.74. The first kappa shape index (κ1) is 20.7. The van der Waals surface area contributed by atoms with Crippen LogP contribution in [0.5, 0.6) is 0 Å². The summed E-state index contributed by atoms with van der Waals surface area (Å²) in [5.41, 5.74) is 1.25. The van der Waals surface area contributed by atoms with Crippen molar-refractivity contribution in [3.05, 3.63) is 35.9 Å². The summed E-state index contributed by atoms with van der Waals surface area (Å²) in [5, 5.41) is 6.17. The van der Waals surface area contributed by atoms with Gasteiger partial charge in [-0.15, -0.1) is 0 Å². The SMILES string of the molecule is CC1CCCCN1CCCNC(=O)NC(Cc1ccccc1)CN(C)C. The Morgan fingerprint density at radius 1 is 1.27 bits per heavy atom. The topological polar surface area (TPSA) is 47.6 Å². The van der Waals surface area contributed by atoms with E-state index in [2.05, 4.69) is 39.5 Å². The molecule has 0 radical (unpaired) electrons. The second-order valence-electron chi connectivity index (χ2n) is 7.78. The fraction of sp³-hybridized carbons (Fsp3) is 0.667. The van der Waals surface area contributed by atoms with E-state index in [0.29, 0.717) is 6.04 Å². The molecule has 146 valence electrons. The number of amides is 2. The highest BCUT2D eigenvalue weighted by atomic mass is 16.2. The van der Waals surface area contributed by atoms with Gasteiger partial charge in [0.05, 0.1) is 0 Å². The molecular formula is C21H36N4O. The molecule has 0 spiro atoms. The molecule has 1 fully saturated rings. The Morgan fingerprint density at radius 2 is 2.04 bits per heavy atom. The maximum atomic E-state index is 12.3. The molecule has 0 bridgehead atoms. The van der Waals surface area contributed by atoms with Crippen LogP contribution >= 0.6 is 0 Å². The van der Waals surface area contributed by atoms with Gasteiger partial charge in [-0.05, 0) is 58.8 Å². The van der Waals surface area contributed by atoms with Crippen molar-refractivity contribution in [2.45, 2.75) is 51.1 Å². The fourth-order valence-corrected chi connectivity index (χ4v) is 3.71. The molecule has 2 rings (SSSR count). The summed E-state index contributed by atoms with van der Waals surface area (Å²) in [5.74, 6) is 0. The van der Waals surface area contributed by atoms with Crippen LogP contribution < -0.4 is 10.6 Å². The minimum absolute atomic E-state index is 0.0560. The normalized spacial score (nSPS) is 19.3. The number of hydrogen-bond acceptors (Lipinski definition) is 3. The number of likely N-dealkylation sites (tertiary alicyclic amines) is 1. The molecule has 2 amide bonds. The Morgan fingerprint density at radius 3 is 2.73 bits per heavy atom. The third-order valence-electron chi connectivity index (χ3n) is 5.09. The van der Waals surface area contributed by atoms with Crippen LogP contribution in [0, 0.1) is 0 Å². The molecule has 1 aromatic rings. The lowest BCUT2D eigenvalue weighted by Crippen LogP contribution is -2.48. The third-order valence-corrected chi connectivity index (χ3v) is 5.09. The van der Waals surface area contributed by atoms with E-state index in [0.717, 1.165) is 32.5 Å². The summed E-state index contributed by atoms with van der Waals surface area (Å²) in [4.78, 5) is 17.0. The first-order chi connectivity index (χ1) is 12.5. The second-order valence-corrected chi connectivity index (χ2v) is 7.78. The number of benzene rings is 1. The van der Waals surface area contributed by atoms with Crippen molar-refractivity contribution in [1.29, 1.82) is 0 Å². The predicted molar refractivity (Wildman–Crippen MR) is 109 cm³/mol. The maximum Gasteiger partial charge on any atom is 0.315 e. The van der Waals surface area contributed by atoms with E-state index in [9.17, 15) is 4.79 Å². The standard InChI is InChI=1S/C21H36N4O/c1-18-10-7-8-14-25(18)15-9-13-22-21(26)23-20(17-24(2)3)16-19-11-5-4-6-12-19/h4-6,11-12,18,20H,7-10,13-17H2,1-3H3,(H2,22,23,26). The van der Waals surface area contributed by atoms with Crippen molar-refractivity contribution < 1.29 is 4.79 Å². The van der Waals surface area contributed by atoms with E-state index in [-0.39, 0.29) is 12.1 Å². The van der Waals surface area contributed by atoms with E-state index < -0.39 is 0 Å². The first-order valence-corrected chi connectivity index (χ1v) is 10.0. The zero-order valence-corrected chi connectivity index (χ0v) is 16.7. The molecule has 0 aliphatic carbocycles. The average molecular weight is 361 g/mol. The van der Waals surface area contributed by atoms with Crippen molar-refractivity contribution >= 4 is 6.03 Å². The number of hydrogen-bond donors (Lipinski definition) is 2. The van der Waals surface area contributed by atoms with Gasteiger partial charge in [0, 0.05) is 31.7 Å². The molecule has 0 aromatic heterocycles. The van der Waals surface area contributed by atoms with Gasteiger partial charge in [0.15, 0.2) is 0 Å². The molecule has 2 atom stereocenters. The lowest BCUT2D eigenvalue weighted by atomic mass is 10.0. The zero-order chi connectivity index (χ0) is 18.8. The number of nitrogens with zero attached hydrogens (tertiary/aromatic N) is 2. The molecule has 0 saturated carbocycles. The van der Waals surface area contributed by atoms with Crippen molar-refractivity contribution in [3.8, 4) is 0 Å². The van der Waals surface area contributed by atoms with Crippen molar-refractivity contribution in [1.82, 2.24) is 20.4 Å². The zero-order valence-electron chi connectivity index (χ0n) is 16.7. The third kappa shape index (κ3) is 7.75. The summed E-state index contributed by atoms with van der Waals surface area (Å²) < 4.78 is 0. The van der Waals surface area contributed by atoms with Gasteiger partial charge in [0.1, 0.15) is 0 Å².